The normalized spacial score (nSPS) is 16.0. The van der Waals surface area contributed by atoms with Gasteiger partial charge in [-0.2, -0.15) is 0 Å². The summed E-state index contributed by atoms with van der Waals surface area (Å²) in [6.45, 7) is 2.56. The fourth-order valence-electron chi connectivity index (χ4n) is 2.43. The Morgan fingerprint density at radius 3 is 2.52 bits per heavy atom. The van der Waals surface area contributed by atoms with Crippen LogP contribution < -0.4 is 9.64 Å². The SMILES string of the molecule is Clc1cccnc1OCC1CCN(c2ncccn2)CC1. The third-order valence-electron chi connectivity index (χ3n) is 3.63. The Morgan fingerprint density at radius 2 is 1.81 bits per heavy atom. The number of rotatable bonds is 4. The first-order valence-electron chi connectivity index (χ1n) is 7.08. The number of aromatic nitrogens is 3. The molecule has 2 aromatic heterocycles. The molecule has 0 spiro atoms. The Kier molecular flexibility index (Phi) is 4.50. The van der Waals surface area contributed by atoms with Crippen molar-refractivity contribution in [2.45, 2.75) is 12.8 Å². The van der Waals surface area contributed by atoms with Gasteiger partial charge in [-0.1, -0.05) is 11.6 Å². The first-order valence-corrected chi connectivity index (χ1v) is 7.46. The zero-order valence-corrected chi connectivity index (χ0v) is 12.4. The lowest BCUT2D eigenvalue weighted by Crippen LogP contribution is -2.36. The molecule has 5 nitrogen and oxygen atoms in total. The van der Waals surface area contributed by atoms with Crippen LogP contribution in [-0.4, -0.2) is 34.6 Å². The van der Waals surface area contributed by atoms with E-state index in [-0.39, 0.29) is 0 Å². The number of pyridine rings is 1. The molecule has 0 aromatic carbocycles. The van der Waals surface area contributed by atoms with Crippen LogP contribution in [0.2, 0.25) is 5.02 Å². The minimum absolute atomic E-state index is 0.517. The molecule has 0 saturated carbocycles. The summed E-state index contributed by atoms with van der Waals surface area (Å²) in [7, 11) is 0. The van der Waals surface area contributed by atoms with Crippen LogP contribution in [0.15, 0.2) is 36.8 Å². The van der Waals surface area contributed by atoms with Gasteiger partial charge in [0, 0.05) is 31.7 Å². The Bertz CT molecular complexity index is 573. The zero-order chi connectivity index (χ0) is 14.5. The highest BCUT2D eigenvalue weighted by Crippen LogP contribution is 2.24. The molecule has 0 N–H and O–H groups in total. The number of ether oxygens (including phenoxy) is 1. The van der Waals surface area contributed by atoms with E-state index in [2.05, 4.69) is 19.9 Å². The van der Waals surface area contributed by atoms with E-state index < -0.39 is 0 Å². The standard InChI is InChI=1S/C15H17ClN4O/c16-13-3-1-6-17-14(13)21-11-12-4-9-20(10-5-12)15-18-7-2-8-19-15/h1-3,6-8,12H,4-5,9-11H2. The maximum atomic E-state index is 6.03. The fraction of sp³-hybridized carbons (Fsp3) is 0.400. The predicted octanol–water partition coefficient (Wildman–Crippen LogP) is 2.82. The second-order valence-corrected chi connectivity index (χ2v) is 5.49. The molecule has 1 aliphatic rings. The first kappa shape index (κ1) is 14.1. The van der Waals surface area contributed by atoms with Crippen molar-refractivity contribution in [3.63, 3.8) is 0 Å². The molecule has 1 fully saturated rings. The molecule has 6 heteroatoms. The highest BCUT2D eigenvalue weighted by atomic mass is 35.5. The summed E-state index contributed by atoms with van der Waals surface area (Å²) >= 11 is 6.03. The first-order chi connectivity index (χ1) is 10.3. The monoisotopic (exact) mass is 304 g/mol. The molecule has 3 rings (SSSR count). The van der Waals surface area contributed by atoms with E-state index in [1.807, 2.05) is 6.07 Å². The van der Waals surface area contributed by atoms with E-state index in [9.17, 15) is 0 Å². The minimum atomic E-state index is 0.517. The maximum Gasteiger partial charge on any atom is 0.232 e. The lowest BCUT2D eigenvalue weighted by Gasteiger charge is -2.31. The summed E-state index contributed by atoms with van der Waals surface area (Å²) in [6.07, 6.45) is 7.36. The smallest absolute Gasteiger partial charge is 0.232 e. The average molecular weight is 305 g/mol. The minimum Gasteiger partial charge on any atom is -0.476 e. The predicted molar refractivity (Wildman–Crippen MR) is 81.7 cm³/mol. The molecule has 110 valence electrons. The Morgan fingerprint density at radius 1 is 1.10 bits per heavy atom. The molecule has 0 atom stereocenters. The van der Waals surface area contributed by atoms with Gasteiger partial charge < -0.3 is 9.64 Å². The average Bonchev–Trinajstić information content (AvgIpc) is 2.55. The lowest BCUT2D eigenvalue weighted by molar-refractivity contribution is 0.216. The zero-order valence-electron chi connectivity index (χ0n) is 11.7. The van der Waals surface area contributed by atoms with Crippen LogP contribution in [0.25, 0.3) is 0 Å². The van der Waals surface area contributed by atoms with E-state index >= 15 is 0 Å². The van der Waals surface area contributed by atoms with Crippen LogP contribution in [-0.2, 0) is 0 Å². The van der Waals surface area contributed by atoms with Crippen LogP contribution >= 0.6 is 11.6 Å². The molecule has 1 saturated heterocycles. The summed E-state index contributed by atoms with van der Waals surface area (Å²) in [5.41, 5.74) is 0. The van der Waals surface area contributed by atoms with Crippen molar-refractivity contribution in [2.24, 2.45) is 5.92 Å². The number of hydrogen-bond acceptors (Lipinski definition) is 5. The molecule has 0 aliphatic carbocycles. The largest absolute Gasteiger partial charge is 0.476 e. The summed E-state index contributed by atoms with van der Waals surface area (Å²) < 4.78 is 5.72. The molecular formula is C15H17ClN4O. The third kappa shape index (κ3) is 3.61. The quantitative estimate of drug-likeness (QED) is 0.869. The molecule has 0 bridgehead atoms. The second-order valence-electron chi connectivity index (χ2n) is 5.08. The molecule has 2 aromatic rings. The second kappa shape index (κ2) is 6.72. The number of hydrogen-bond donors (Lipinski definition) is 0. The van der Waals surface area contributed by atoms with Gasteiger partial charge in [-0.3, -0.25) is 0 Å². The van der Waals surface area contributed by atoms with Crippen molar-refractivity contribution < 1.29 is 4.74 Å². The van der Waals surface area contributed by atoms with Gasteiger partial charge in [0.1, 0.15) is 5.02 Å². The maximum absolute atomic E-state index is 6.03. The van der Waals surface area contributed by atoms with Gasteiger partial charge in [0.2, 0.25) is 11.8 Å². The van der Waals surface area contributed by atoms with Crippen molar-refractivity contribution in [1.82, 2.24) is 15.0 Å². The van der Waals surface area contributed by atoms with Crippen LogP contribution in [0, 0.1) is 5.92 Å². The van der Waals surface area contributed by atoms with E-state index in [4.69, 9.17) is 16.3 Å². The van der Waals surface area contributed by atoms with E-state index in [1.54, 1.807) is 30.7 Å². The Hall–Kier alpha value is -1.88. The molecule has 3 heterocycles. The van der Waals surface area contributed by atoms with Crippen LogP contribution in [0.4, 0.5) is 5.95 Å². The molecule has 21 heavy (non-hydrogen) atoms. The summed E-state index contributed by atoms with van der Waals surface area (Å²) in [6, 6.07) is 5.42. The third-order valence-corrected chi connectivity index (χ3v) is 3.92. The number of piperidine rings is 1. The summed E-state index contributed by atoms with van der Waals surface area (Å²) in [5, 5.41) is 0.563. The van der Waals surface area contributed by atoms with Crippen LogP contribution in [0.1, 0.15) is 12.8 Å². The Balaban J connectivity index is 1.49. The molecule has 0 radical (unpaired) electrons. The Labute approximate surface area is 129 Å². The van der Waals surface area contributed by atoms with Crippen molar-refractivity contribution in [3.8, 4) is 5.88 Å². The number of nitrogens with zero attached hydrogens (tertiary/aromatic N) is 4. The van der Waals surface area contributed by atoms with E-state index in [0.29, 0.717) is 23.4 Å². The molecule has 0 amide bonds. The van der Waals surface area contributed by atoms with Gasteiger partial charge >= 0.3 is 0 Å². The van der Waals surface area contributed by atoms with Crippen LogP contribution in [0.5, 0.6) is 5.88 Å². The van der Waals surface area contributed by atoms with Gasteiger partial charge in [-0.05, 0) is 37.0 Å². The summed E-state index contributed by atoms with van der Waals surface area (Å²) in [5.74, 6) is 1.85. The van der Waals surface area contributed by atoms with Gasteiger partial charge in [0.25, 0.3) is 0 Å². The molecule has 0 unspecified atom stereocenters. The molecule has 1 aliphatic heterocycles. The fourth-order valence-corrected chi connectivity index (χ4v) is 2.60. The van der Waals surface area contributed by atoms with Crippen molar-refractivity contribution in [1.29, 1.82) is 0 Å². The van der Waals surface area contributed by atoms with Gasteiger partial charge in [0.15, 0.2) is 0 Å². The van der Waals surface area contributed by atoms with Crippen LogP contribution in [0.3, 0.4) is 0 Å². The van der Waals surface area contributed by atoms with Gasteiger partial charge in [-0.25, -0.2) is 15.0 Å². The van der Waals surface area contributed by atoms with Crippen molar-refractivity contribution in [3.05, 3.63) is 41.8 Å². The lowest BCUT2D eigenvalue weighted by atomic mass is 9.98. The van der Waals surface area contributed by atoms with Gasteiger partial charge in [-0.15, -0.1) is 0 Å². The summed E-state index contributed by atoms with van der Waals surface area (Å²) in [4.78, 5) is 14.9. The van der Waals surface area contributed by atoms with Gasteiger partial charge in [0.05, 0.1) is 6.61 Å². The topological polar surface area (TPSA) is 51.1 Å². The number of halogens is 1. The highest BCUT2D eigenvalue weighted by molar-refractivity contribution is 6.31. The molecular weight excluding hydrogens is 288 g/mol. The highest BCUT2D eigenvalue weighted by Gasteiger charge is 2.21. The number of anilines is 1. The van der Waals surface area contributed by atoms with Crippen molar-refractivity contribution in [2.75, 3.05) is 24.6 Å². The van der Waals surface area contributed by atoms with Crippen molar-refractivity contribution >= 4 is 17.5 Å². The van der Waals surface area contributed by atoms with E-state index in [0.717, 1.165) is 31.9 Å². The van der Waals surface area contributed by atoms with E-state index in [1.165, 1.54) is 0 Å².